The number of aliphatic hydroxyl groups is 2. The molecule has 0 amide bonds. The Kier molecular flexibility index (Phi) is 13.4. The molecule has 0 aliphatic heterocycles. The van der Waals surface area contributed by atoms with Crippen LogP contribution in [0.3, 0.4) is 0 Å². The molecule has 0 aliphatic rings. The molecule has 0 aromatic rings. The molecule has 2 atom stereocenters. The number of Topliss-reactive ketones (excluding diaryl/α,β-unsaturated/α-hetero) is 1. The number of hydrogen-bond donors (Lipinski definition) is 4. The number of ketones is 1. The summed E-state index contributed by atoms with van der Waals surface area (Å²) in [5, 5.41) is 32.5. The Morgan fingerprint density at radius 2 is 1.07 bits per heavy atom. The summed E-state index contributed by atoms with van der Waals surface area (Å²) >= 11 is 0. The molecular weight excluding hydrogens is 219 g/mol. The molecule has 7 nitrogen and oxygen atoms in total. The van der Waals surface area contributed by atoms with E-state index in [0.717, 1.165) is 0 Å². The SMILES string of the molecule is CC(C)=O.O=C(O)C(O)C(O)C(=O)O.[H-].[Na+]. The second-order valence-electron chi connectivity index (χ2n) is 2.47. The maximum Gasteiger partial charge on any atom is 1.00 e. The van der Waals surface area contributed by atoms with Crippen LogP contribution in [0.25, 0.3) is 0 Å². The van der Waals surface area contributed by atoms with E-state index in [-0.39, 0.29) is 36.8 Å². The molecule has 4 N–H and O–H groups in total. The third-order valence-corrected chi connectivity index (χ3v) is 0.805. The monoisotopic (exact) mass is 232 g/mol. The standard InChI is InChI=1S/C4H6O6.C3H6O.Na.H/c5-1(3(7)8)2(6)4(9)10;1-3(2)4;;/h1-2,5-6H,(H,7,8)(H,9,10);1-2H3;;/q;;+1;-1. The first-order chi connectivity index (χ1) is 6.20. The van der Waals surface area contributed by atoms with Crippen molar-refractivity contribution in [1.29, 1.82) is 0 Å². The summed E-state index contributed by atoms with van der Waals surface area (Å²) in [5.74, 6) is -3.37. The normalized spacial score (nSPS) is 12.3. The van der Waals surface area contributed by atoms with Crippen molar-refractivity contribution in [2.75, 3.05) is 0 Å². The molecule has 84 valence electrons. The molecule has 0 aromatic heterocycles. The van der Waals surface area contributed by atoms with E-state index >= 15 is 0 Å². The summed E-state index contributed by atoms with van der Waals surface area (Å²) < 4.78 is 0. The van der Waals surface area contributed by atoms with Crippen LogP contribution in [0.2, 0.25) is 0 Å². The van der Waals surface area contributed by atoms with Crippen molar-refractivity contribution >= 4 is 17.7 Å². The largest absolute Gasteiger partial charge is 1.00 e. The number of carbonyl (C=O) groups is 3. The topological polar surface area (TPSA) is 132 Å². The number of hydrogen-bond acceptors (Lipinski definition) is 5. The first-order valence-electron chi connectivity index (χ1n) is 3.49. The van der Waals surface area contributed by atoms with E-state index in [4.69, 9.17) is 20.4 Å². The van der Waals surface area contributed by atoms with Crippen LogP contribution in [0.15, 0.2) is 0 Å². The molecule has 0 aliphatic carbocycles. The minimum atomic E-state index is -2.27. The third-order valence-electron chi connectivity index (χ3n) is 0.805. The Morgan fingerprint density at radius 3 is 1.13 bits per heavy atom. The van der Waals surface area contributed by atoms with Gasteiger partial charge in [0.2, 0.25) is 0 Å². The molecule has 0 heterocycles. The fourth-order valence-electron chi connectivity index (χ4n) is 0.270. The molecule has 0 bridgehead atoms. The first kappa shape index (κ1) is 20.0. The van der Waals surface area contributed by atoms with E-state index in [0.29, 0.717) is 0 Å². The zero-order valence-electron chi connectivity index (χ0n) is 9.67. The van der Waals surface area contributed by atoms with Gasteiger partial charge >= 0.3 is 41.5 Å². The van der Waals surface area contributed by atoms with Crippen molar-refractivity contribution in [1.82, 2.24) is 0 Å². The van der Waals surface area contributed by atoms with Crippen molar-refractivity contribution < 1.29 is 65.8 Å². The predicted molar refractivity (Wildman–Crippen MR) is 44.8 cm³/mol. The molecule has 0 rings (SSSR count). The number of rotatable bonds is 3. The van der Waals surface area contributed by atoms with E-state index < -0.39 is 24.1 Å². The van der Waals surface area contributed by atoms with Gasteiger partial charge in [-0.25, -0.2) is 9.59 Å². The van der Waals surface area contributed by atoms with Gasteiger partial charge in [-0.2, -0.15) is 0 Å². The minimum Gasteiger partial charge on any atom is -1.00 e. The smallest absolute Gasteiger partial charge is 1.00 e. The van der Waals surface area contributed by atoms with Gasteiger partial charge in [0.1, 0.15) is 5.78 Å². The number of carboxylic acid groups (broad SMARTS) is 2. The summed E-state index contributed by atoms with van der Waals surface area (Å²) in [5.41, 5.74) is 0. The van der Waals surface area contributed by atoms with Crippen molar-refractivity contribution in [3.05, 3.63) is 0 Å². The number of carboxylic acids is 2. The maximum absolute atomic E-state index is 9.77. The average Bonchev–Trinajstić information content (AvgIpc) is 2.00. The first-order valence-corrected chi connectivity index (χ1v) is 3.49. The fourth-order valence-corrected chi connectivity index (χ4v) is 0.270. The Bertz CT molecular complexity index is 211. The zero-order chi connectivity index (χ0) is 11.9. The van der Waals surface area contributed by atoms with Crippen LogP contribution in [-0.2, 0) is 14.4 Å². The molecule has 2 unspecified atom stereocenters. The average molecular weight is 232 g/mol. The summed E-state index contributed by atoms with van der Waals surface area (Å²) in [6, 6.07) is 0. The molecule has 0 fully saturated rings. The van der Waals surface area contributed by atoms with E-state index in [1.807, 2.05) is 0 Å². The Balaban J connectivity index is -0.000000105. The van der Waals surface area contributed by atoms with E-state index in [1.165, 1.54) is 13.8 Å². The molecule has 15 heavy (non-hydrogen) atoms. The van der Waals surface area contributed by atoms with Gasteiger partial charge in [-0.05, 0) is 13.8 Å². The van der Waals surface area contributed by atoms with E-state index in [1.54, 1.807) is 0 Å². The van der Waals surface area contributed by atoms with Crippen molar-refractivity contribution in [3.8, 4) is 0 Å². The molecule has 0 radical (unpaired) electrons. The van der Waals surface area contributed by atoms with Gasteiger partial charge in [0.15, 0.2) is 12.2 Å². The molecule has 0 spiro atoms. The fraction of sp³-hybridized carbons (Fsp3) is 0.571. The van der Waals surface area contributed by atoms with Gasteiger partial charge in [-0.3, -0.25) is 0 Å². The molecule has 0 saturated carbocycles. The van der Waals surface area contributed by atoms with Crippen LogP contribution >= 0.6 is 0 Å². The third kappa shape index (κ3) is 13.5. The quantitative estimate of drug-likeness (QED) is 0.361. The summed E-state index contributed by atoms with van der Waals surface area (Å²) in [7, 11) is 0. The zero-order valence-corrected chi connectivity index (χ0v) is 10.7. The van der Waals surface area contributed by atoms with Gasteiger partial charge < -0.3 is 26.6 Å². The van der Waals surface area contributed by atoms with Crippen LogP contribution in [0.1, 0.15) is 15.3 Å². The predicted octanol–water partition coefficient (Wildman–Crippen LogP) is -4.41. The summed E-state index contributed by atoms with van der Waals surface area (Å²) in [6.45, 7) is 3.06. The van der Waals surface area contributed by atoms with Gasteiger partial charge in [-0.15, -0.1) is 0 Å². The van der Waals surface area contributed by atoms with Crippen molar-refractivity contribution in [2.45, 2.75) is 26.1 Å². The molecule has 0 aromatic carbocycles. The molecular formula is C7H13NaO7. The van der Waals surface area contributed by atoms with Crippen LogP contribution in [0.4, 0.5) is 0 Å². The van der Waals surface area contributed by atoms with Crippen LogP contribution in [0.5, 0.6) is 0 Å². The van der Waals surface area contributed by atoms with E-state index in [9.17, 15) is 14.4 Å². The van der Waals surface area contributed by atoms with Crippen molar-refractivity contribution in [2.24, 2.45) is 0 Å². The molecule has 0 saturated heterocycles. The number of carbonyl (C=O) groups excluding carboxylic acids is 1. The van der Waals surface area contributed by atoms with Crippen LogP contribution in [0, 0.1) is 0 Å². The maximum atomic E-state index is 9.77. The van der Waals surface area contributed by atoms with Gasteiger partial charge in [0, 0.05) is 0 Å². The summed E-state index contributed by atoms with van der Waals surface area (Å²) in [6.07, 6.45) is -4.53. The Morgan fingerprint density at radius 1 is 0.933 bits per heavy atom. The number of aliphatic carboxylic acids is 2. The Labute approximate surface area is 109 Å². The Hall–Kier alpha value is -0.470. The van der Waals surface area contributed by atoms with Gasteiger partial charge in [0.05, 0.1) is 0 Å². The van der Waals surface area contributed by atoms with E-state index in [2.05, 4.69) is 0 Å². The van der Waals surface area contributed by atoms with Crippen molar-refractivity contribution in [3.63, 3.8) is 0 Å². The van der Waals surface area contributed by atoms with Crippen LogP contribution < -0.4 is 29.6 Å². The molecule has 8 heteroatoms. The number of aliphatic hydroxyl groups excluding tert-OH is 2. The minimum absolute atomic E-state index is 0. The summed E-state index contributed by atoms with van der Waals surface area (Å²) in [4.78, 5) is 29.0. The van der Waals surface area contributed by atoms with Gasteiger partial charge in [-0.1, -0.05) is 0 Å². The second kappa shape index (κ2) is 10.1. The van der Waals surface area contributed by atoms with Crippen LogP contribution in [-0.4, -0.2) is 50.4 Å². The van der Waals surface area contributed by atoms with Gasteiger partial charge in [0.25, 0.3) is 0 Å². The second-order valence-corrected chi connectivity index (χ2v) is 2.47.